The van der Waals surface area contributed by atoms with Crippen LogP contribution in [0.1, 0.15) is 34.1 Å². The Labute approximate surface area is 227 Å². The van der Waals surface area contributed by atoms with Gasteiger partial charge >= 0.3 is 0 Å². The van der Waals surface area contributed by atoms with Gasteiger partial charge in [0.2, 0.25) is 11.8 Å². The number of rotatable bonds is 12. The largest absolute Gasteiger partial charge is 0.444 e. The van der Waals surface area contributed by atoms with Crippen molar-refractivity contribution in [1.82, 2.24) is 25.6 Å². The van der Waals surface area contributed by atoms with Crippen LogP contribution in [0.2, 0.25) is 0 Å². The number of nitrogens with zero attached hydrogens (tertiary/aromatic N) is 4. The number of carbonyl (C=O) groups excluding carboxylic acids is 3. The Morgan fingerprint density at radius 2 is 1.79 bits per heavy atom. The lowest BCUT2D eigenvalue weighted by Crippen LogP contribution is -2.48. The van der Waals surface area contributed by atoms with E-state index in [1.54, 1.807) is 23.0 Å². The first-order chi connectivity index (χ1) is 18.8. The molecule has 0 radical (unpaired) electrons. The van der Waals surface area contributed by atoms with E-state index in [4.69, 9.17) is 10.2 Å². The molecular formula is C28H35N7O4. The smallest absolute Gasteiger partial charge is 0.270 e. The molecule has 0 saturated carbocycles. The van der Waals surface area contributed by atoms with E-state index in [1.165, 1.54) is 17.4 Å². The summed E-state index contributed by atoms with van der Waals surface area (Å²) in [5.41, 5.74) is 9.93. The molecule has 2 heterocycles. The molecule has 4 N–H and O–H groups in total. The molecule has 0 unspecified atom stereocenters. The van der Waals surface area contributed by atoms with Gasteiger partial charge in [-0.2, -0.15) is 0 Å². The highest BCUT2D eigenvalue weighted by atomic mass is 16.3. The molecule has 11 heteroatoms. The fourth-order valence-corrected chi connectivity index (χ4v) is 4.54. The zero-order valence-corrected chi connectivity index (χ0v) is 22.6. The zero-order chi connectivity index (χ0) is 27.9. The molecule has 3 amide bonds. The Morgan fingerprint density at radius 3 is 2.41 bits per heavy atom. The summed E-state index contributed by atoms with van der Waals surface area (Å²) in [7, 11) is 1.76. The van der Waals surface area contributed by atoms with Crippen molar-refractivity contribution >= 4 is 23.4 Å². The van der Waals surface area contributed by atoms with Gasteiger partial charge in [0.25, 0.3) is 11.8 Å². The number of oxazole rings is 1. The van der Waals surface area contributed by atoms with Gasteiger partial charge in [-0.3, -0.25) is 19.4 Å². The number of aryl methyl sites for hydroxylation is 1. The number of aromatic nitrogens is 1. The summed E-state index contributed by atoms with van der Waals surface area (Å²) < 4.78 is 5.41. The third-order valence-electron chi connectivity index (χ3n) is 6.68. The third kappa shape index (κ3) is 6.81. The second-order valence-electron chi connectivity index (χ2n) is 9.47. The Kier molecular flexibility index (Phi) is 8.95. The van der Waals surface area contributed by atoms with Crippen molar-refractivity contribution < 1.29 is 18.8 Å². The number of likely N-dealkylation sites (N-methyl/N-ethyl adjacent to an activating group) is 2. The summed E-state index contributed by atoms with van der Waals surface area (Å²) in [4.78, 5) is 43.6. The predicted octanol–water partition coefficient (Wildman–Crippen LogP) is 1.67. The van der Waals surface area contributed by atoms with Gasteiger partial charge in [-0.25, -0.2) is 9.99 Å². The SMILES string of the molecule is CCNCCNC(=O)CN(CC(=O)N(C)N1Cc2ccccc2C1)c1ccc(-c2nc(C(N)=O)co2)cc1C. The Bertz CT molecular complexity index is 1310. The van der Waals surface area contributed by atoms with Crippen LogP contribution in [-0.2, 0) is 22.7 Å². The van der Waals surface area contributed by atoms with Crippen LogP contribution in [0.15, 0.2) is 53.1 Å². The van der Waals surface area contributed by atoms with Crippen molar-refractivity contribution in [1.29, 1.82) is 0 Å². The van der Waals surface area contributed by atoms with Crippen LogP contribution in [0.5, 0.6) is 0 Å². The van der Waals surface area contributed by atoms with Gasteiger partial charge in [0.15, 0.2) is 5.69 Å². The Morgan fingerprint density at radius 1 is 1.08 bits per heavy atom. The van der Waals surface area contributed by atoms with Crippen LogP contribution in [0.25, 0.3) is 11.5 Å². The molecule has 1 aliphatic rings. The normalized spacial score (nSPS) is 12.7. The van der Waals surface area contributed by atoms with Gasteiger partial charge in [-0.1, -0.05) is 31.2 Å². The molecule has 0 fully saturated rings. The average Bonchev–Trinajstić information content (AvgIpc) is 3.58. The van der Waals surface area contributed by atoms with E-state index in [2.05, 4.69) is 27.8 Å². The van der Waals surface area contributed by atoms with E-state index in [0.717, 1.165) is 17.8 Å². The number of carbonyl (C=O) groups is 3. The van der Waals surface area contributed by atoms with Gasteiger partial charge in [-0.15, -0.1) is 0 Å². The van der Waals surface area contributed by atoms with Crippen molar-refractivity contribution in [3.63, 3.8) is 0 Å². The van der Waals surface area contributed by atoms with Crippen molar-refractivity contribution in [3.8, 4) is 11.5 Å². The lowest BCUT2D eigenvalue weighted by atomic mass is 10.1. The van der Waals surface area contributed by atoms with Crippen LogP contribution in [0, 0.1) is 6.92 Å². The molecule has 11 nitrogen and oxygen atoms in total. The molecule has 206 valence electrons. The third-order valence-corrected chi connectivity index (χ3v) is 6.68. The van der Waals surface area contributed by atoms with E-state index < -0.39 is 5.91 Å². The molecule has 4 rings (SSSR count). The van der Waals surface area contributed by atoms with Crippen molar-refractivity contribution in [2.45, 2.75) is 26.9 Å². The van der Waals surface area contributed by atoms with Crippen molar-refractivity contribution in [3.05, 3.63) is 71.1 Å². The lowest BCUT2D eigenvalue weighted by molar-refractivity contribution is -0.145. The van der Waals surface area contributed by atoms with Gasteiger partial charge in [0.05, 0.1) is 13.1 Å². The summed E-state index contributed by atoms with van der Waals surface area (Å²) in [6.45, 7) is 7.19. The minimum absolute atomic E-state index is 0.00892. The van der Waals surface area contributed by atoms with Crippen LogP contribution in [0.4, 0.5) is 5.69 Å². The molecule has 0 aliphatic carbocycles. The summed E-state index contributed by atoms with van der Waals surface area (Å²) in [6.07, 6.45) is 1.22. The number of primary amides is 1. The van der Waals surface area contributed by atoms with E-state index >= 15 is 0 Å². The molecule has 2 aromatic carbocycles. The number of nitrogens with two attached hydrogens (primary N) is 1. The van der Waals surface area contributed by atoms with E-state index in [9.17, 15) is 14.4 Å². The minimum atomic E-state index is -0.673. The number of benzene rings is 2. The minimum Gasteiger partial charge on any atom is -0.444 e. The number of fused-ring (bicyclic) bond motifs is 1. The summed E-state index contributed by atoms with van der Waals surface area (Å²) in [5, 5.41) is 9.72. The van der Waals surface area contributed by atoms with Crippen LogP contribution in [0.3, 0.4) is 0 Å². The molecule has 0 spiro atoms. The van der Waals surface area contributed by atoms with Crippen molar-refractivity contribution in [2.75, 3.05) is 44.7 Å². The van der Waals surface area contributed by atoms with Crippen LogP contribution in [-0.4, -0.2) is 72.5 Å². The standard InChI is InChI=1S/C28H35N7O4/c1-4-30-11-12-31-25(36)16-34(17-26(37)33(3)35-14-21-7-5-6-8-22(21)15-35)24-10-9-20(13-19(24)2)28-32-23(18-39-28)27(29)38/h5-10,13,18,30H,4,11-12,14-17H2,1-3H3,(H2,29,38)(H,31,36). The van der Waals surface area contributed by atoms with E-state index in [0.29, 0.717) is 31.7 Å². The molecule has 3 aromatic rings. The number of hydrazine groups is 1. The molecule has 1 aliphatic heterocycles. The number of hydrogen-bond donors (Lipinski definition) is 3. The topological polar surface area (TPSA) is 137 Å². The fourth-order valence-electron chi connectivity index (χ4n) is 4.54. The highest BCUT2D eigenvalue weighted by Crippen LogP contribution is 2.28. The molecule has 39 heavy (non-hydrogen) atoms. The first-order valence-corrected chi connectivity index (χ1v) is 12.9. The molecule has 1 aromatic heterocycles. The molecule has 0 saturated heterocycles. The van der Waals surface area contributed by atoms with Gasteiger partial charge < -0.3 is 25.7 Å². The van der Waals surface area contributed by atoms with Gasteiger partial charge in [0.1, 0.15) is 6.26 Å². The molecular weight excluding hydrogens is 498 g/mol. The Hall–Kier alpha value is -4.22. The first-order valence-electron chi connectivity index (χ1n) is 12.9. The quantitative estimate of drug-likeness (QED) is 0.299. The maximum atomic E-state index is 13.4. The van der Waals surface area contributed by atoms with E-state index in [-0.39, 0.29) is 36.5 Å². The number of hydrogen-bond acceptors (Lipinski definition) is 8. The lowest BCUT2D eigenvalue weighted by Gasteiger charge is -2.32. The van der Waals surface area contributed by atoms with Crippen LogP contribution >= 0.6 is 0 Å². The molecule has 0 atom stereocenters. The second kappa shape index (κ2) is 12.5. The fraction of sp³-hybridized carbons (Fsp3) is 0.357. The van der Waals surface area contributed by atoms with Gasteiger partial charge in [0, 0.05) is 44.5 Å². The van der Waals surface area contributed by atoms with Crippen LogP contribution < -0.4 is 21.3 Å². The summed E-state index contributed by atoms with van der Waals surface area (Å²) >= 11 is 0. The van der Waals surface area contributed by atoms with Crippen molar-refractivity contribution in [2.24, 2.45) is 5.73 Å². The summed E-state index contributed by atoms with van der Waals surface area (Å²) in [6, 6.07) is 13.6. The van der Waals surface area contributed by atoms with E-state index in [1.807, 2.05) is 43.1 Å². The number of amides is 3. The maximum Gasteiger partial charge on any atom is 0.270 e. The second-order valence-corrected chi connectivity index (χ2v) is 9.47. The highest BCUT2D eigenvalue weighted by Gasteiger charge is 2.27. The molecule has 0 bridgehead atoms. The first kappa shape index (κ1) is 27.8. The number of anilines is 1. The zero-order valence-electron chi connectivity index (χ0n) is 22.6. The number of nitrogens with one attached hydrogen (secondary N) is 2. The Balaban J connectivity index is 1.51. The summed E-state index contributed by atoms with van der Waals surface area (Å²) in [5.74, 6) is -0.728. The maximum absolute atomic E-state index is 13.4. The predicted molar refractivity (Wildman–Crippen MR) is 147 cm³/mol. The van der Waals surface area contributed by atoms with Gasteiger partial charge in [-0.05, 0) is 48.4 Å². The average molecular weight is 534 g/mol. The monoisotopic (exact) mass is 533 g/mol. The highest BCUT2D eigenvalue weighted by molar-refractivity contribution is 5.91.